The van der Waals surface area contributed by atoms with Crippen LogP contribution in [-0.2, 0) is 24.0 Å². The summed E-state index contributed by atoms with van der Waals surface area (Å²) < 4.78 is 5.40. The third kappa shape index (κ3) is 8.13. The van der Waals surface area contributed by atoms with Gasteiger partial charge in [0.15, 0.2) is 0 Å². The molecule has 234 valence electrons. The number of ether oxygens (including phenoxy) is 1. The van der Waals surface area contributed by atoms with Gasteiger partial charge in [0.25, 0.3) is 6.02 Å². The maximum absolute atomic E-state index is 11.6. The van der Waals surface area contributed by atoms with Crippen molar-refractivity contribution in [2.24, 2.45) is 10.7 Å². The number of hydrogen-bond acceptors (Lipinski definition) is 5. The van der Waals surface area contributed by atoms with Crippen LogP contribution in [0.1, 0.15) is 87.5 Å². The molecular formula is C36H46ClN5O2. The molecule has 5 N–H and O–H groups in total. The van der Waals surface area contributed by atoms with Gasteiger partial charge in [-0.1, -0.05) is 71.3 Å². The molecule has 3 unspecified atom stereocenters. The van der Waals surface area contributed by atoms with Crippen molar-refractivity contribution in [3.63, 3.8) is 0 Å². The SMILES string of the molecule is Cc1ccc2c(c1)C(N)CC2.Cc1ccc2c(c1)C(NC(=O)NCCCl)CC2.Cc1ccc2c(c1)C(NC1=NCCO1)CC2. The van der Waals surface area contributed by atoms with Gasteiger partial charge in [-0.05, 0) is 92.7 Å². The van der Waals surface area contributed by atoms with Crippen LogP contribution in [0, 0.1) is 20.8 Å². The van der Waals surface area contributed by atoms with Crippen LogP contribution in [0.5, 0.6) is 0 Å². The monoisotopic (exact) mass is 615 g/mol. The molecule has 2 amide bonds. The standard InChI is InChI=1S/C13H17ClN2O.C13H16N2O.C10H13N/c1-9-2-3-10-4-5-12(11(10)8-9)16-13(17)15-7-6-14;1-9-2-3-10-4-5-12(11(10)8-9)15-13-14-6-7-16-13;1-7-2-3-8-4-5-10(11)9(8)6-7/h2-3,8,12H,4-7H2,1H3,(H2,15,16,17);2-3,8,12H,4-7H2,1H3,(H,14,15);2-3,6,10H,4-5,11H2,1H3. The molecule has 0 fully saturated rings. The summed E-state index contributed by atoms with van der Waals surface area (Å²) in [4.78, 5) is 15.8. The average Bonchev–Trinajstić information content (AvgIpc) is 3.82. The molecule has 0 radical (unpaired) electrons. The van der Waals surface area contributed by atoms with Crippen molar-refractivity contribution in [1.29, 1.82) is 0 Å². The van der Waals surface area contributed by atoms with E-state index in [0.717, 1.165) is 57.7 Å². The Morgan fingerprint density at radius 1 is 0.841 bits per heavy atom. The second-order valence-electron chi connectivity index (χ2n) is 12.2. The van der Waals surface area contributed by atoms with Gasteiger partial charge in [0.05, 0.1) is 18.6 Å². The van der Waals surface area contributed by atoms with Gasteiger partial charge < -0.3 is 26.4 Å². The highest BCUT2D eigenvalue weighted by Crippen LogP contribution is 2.33. The molecule has 7 rings (SSSR count). The number of nitrogens with two attached hydrogens (primary N) is 1. The number of rotatable bonds is 4. The zero-order valence-corrected chi connectivity index (χ0v) is 27.0. The number of nitrogens with zero attached hydrogens (tertiary/aromatic N) is 1. The number of alkyl halides is 1. The molecule has 8 heteroatoms. The molecular weight excluding hydrogens is 570 g/mol. The smallest absolute Gasteiger partial charge is 0.315 e. The Kier molecular flexibility index (Phi) is 10.8. The summed E-state index contributed by atoms with van der Waals surface area (Å²) in [6.07, 6.45) is 6.60. The molecule has 3 aromatic rings. The van der Waals surface area contributed by atoms with Crippen molar-refractivity contribution in [3.05, 3.63) is 105 Å². The molecule has 0 aromatic heterocycles. The first kappa shape index (κ1) is 31.9. The molecule has 7 nitrogen and oxygen atoms in total. The predicted molar refractivity (Wildman–Crippen MR) is 180 cm³/mol. The number of fused-ring (bicyclic) bond motifs is 3. The van der Waals surface area contributed by atoms with E-state index in [9.17, 15) is 4.79 Å². The number of aliphatic imine (C=N–C) groups is 1. The van der Waals surface area contributed by atoms with E-state index in [1.54, 1.807) is 0 Å². The molecule has 1 heterocycles. The summed E-state index contributed by atoms with van der Waals surface area (Å²) in [7, 11) is 0. The molecule has 0 spiro atoms. The van der Waals surface area contributed by atoms with Crippen molar-refractivity contribution >= 4 is 23.7 Å². The first-order valence-electron chi connectivity index (χ1n) is 15.9. The first-order chi connectivity index (χ1) is 21.3. The predicted octanol–water partition coefficient (Wildman–Crippen LogP) is 6.42. The van der Waals surface area contributed by atoms with Crippen LogP contribution in [0.15, 0.2) is 59.6 Å². The molecule has 3 aromatic carbocycles. The van der Waals surface area contributed by atoms with Gasteiger partial charge in [-0.2, -0.15) is 0 Å². The molecule has 44 heavy (non-hydrogen) atoms. The van der Waals surface area contributed by atoms with E-state index in [-0.39, 0.29) is 12.1 Å². The number of aryl methyl sites for hydroxylation is 6. The number of nitrogens with one attached hydrogen (secondary N) is 3. The van der Waals surface area contributed by atoms with Crippen LogP contribution in [0.3, 0.4) is 0 Å². The van der Waals surface area contributed by atoms with Gasteiger partial charge >= 0.3 is 6.03 Å². The Hall–Kier alpha value is -3.55. The Labute approximate surface area is 267 Å². The molecule has 4 aliphatic rings. The maximum Gasteiger partial charge on any atom is 0.315 e. The Balaban J connectivity index is 0.000000134. The highest BCUT2D eigenvalue weighted by atomic mass is 35.5. The largest absolute Gasteiger partial charge is 0.463 e. The van der Waals surface area contributed by atoms with Gasteiger partial charge in [-0.25, -0.2) is 9.79 Å². The summed E-state index contributed by atoms with van der Waals surface area (Å²) >= 11 is 5.52. The highest BCUT2D eigenvalue weighted by molar-refractivity contribution is 6.18. The minimum absolute atomic E-state index is 0.134. The number of amidine groups is 1. The van der Waals surface area contributed by atoms with Crippen molar-refractivity contribution in [2.75, 3.05) is 25.6 Å². The fourth-order valence-corrected chi connectivity index (χ4v) is 6.53. The Morgan fingerprint density at radius 3 is 1.98 bits per heavy atom. The lowest BCUT2D eigenvalue weighted by Crippen LogP contribution is -2.38. The van der Waals surface area contributed by atoms with Gasteiger partial charge in [-0.15, -0.1) is 11.6 Å². The minimum atomic E-state index is -0.134. The first-order valence-corrected chi connectivity index (χ1v) is 16.4. The summed E-state index contributed by atoms with van der Waals surface area (Å²) in [6.45, 7) is 8.33. The molecule has 0 saturated carbocycles. The van der Waals surface area contributed by atoms with Crippen LogP contribution in [0.2, 0.25) is 0 Å². The third-order valence-electron chi connectivity index (χ3n) is 8.75. The van der Waals surface area contributed by atoms with Gasteiger partial charge in [-0.3, -0.25) is 0 Å². The van der Waals surface area contributed by atoms with Crippen molar-refractivity contribution < 1.29 is 9.53 Å². The van der Waals surface area contributed by atoms with Crippen LogP contribution in [0.4, 0.5) is 4.79 Å². The number of hydrogen-bond donors (Lipinski definition) is 4. The fourth-order valence-electron chi connectivity index (χ4n) is 6.44. The van der Waals surface area contributed by atoms with E-state index in [1.165, 1.54) is 50.1 Å². The number of halogens is 1. The summed E-state index contributed by atoms with van der Waals surface area (Å²) in [5.41, 5.74) is 18.1. The molecule has 0 saturated heterocycles. The third-order valence-corrected chi connectivity index (χ3v) is 8.94. The van der Waals surface area contributed by atoms with E-state index in [4.69, 9.17) is 22.1 Å². The highest BCUT2D eigenvalue weighted by Gasteiger charge is 2.25. The van der Waals surface area contributed by atoms with Crippen LogP contribution in [0.25, 0.3) is 0 Å². The summed E-state index contributed by atoms with van der Waals surface area (Å²) in [6, 6.07) is 21.1. The van der Waals surface area contributed by atoms with E-state index >= 15 is 0 Å². The van der Waals surface area contributed by atoms with Crippen molar-refractivity contribution in [2.45, 2.75) is 77.4 Å². The number of benzene rings is 3. The summed E-state index contributed by atoms with van der Waals surface area (Å²) in [5, 5.41) is 9.10. The molecule has 1 aliphatic heterocycles. The number of carbonyl (C=O) groups excluding carboxylic acids is 1. The Morgan fingerprint density at radius 2 is 1.39 bits per heavy atom. The lowest BCUT2D eigenvalue weighted by Gasteiger charge is -2.15. The second kappa shape index (κ2) is 15.0. The zero-order valence-electron chi connectivity index (χ0n) is 26.2. The zero-order chi connectivity index (χ0) is 31.1. The van der Waals surface area contributed by atoms with Gasteiger partial charge in [0.1, 0.15) is 6.61 Å². The number of carbonyl (C=O) groups is 1. The van der Waals surface area contributed by atoms with E-state index in [1.807, 2.05) is 0 Å². The van der Waals surface area contributed by atoms with Gasteiger partial charge in [0, 0.05) is 18.5 Å². The van der Waals surface area contributed by atoms with Crippen LogP contribution >= 0.6 is 11.6 Å². The van der Waals surface area contributed by atoms with Crippen molar-refractivity contribution in [3.8, 4) is 0 Å². The average molecular weight is 616 g/mol. The number of amides is 2. The van der Waals surface area contributed by atoms with Crippen LogP contribution in [-0.4, -0.2) is 37.6 Å². The lowest BCUT2D eigenvalue weighted by atomic mass is 10.1. The molecule has 3 aliphatic carbocycles. The topological polar surface area (TPSA) is 101 Å². The quantitative estimate of drug-likeness (QED) is 0.255. The molecule has 0 bridgehead atoms. The van der Waals surface area contributed by atoms with E-state index in [0.29, 0.717) is 24.5 Å². The van der Waals surface area contributed by atoms with Crippen LogP contribution < -0.4 is 21.7 Å². The normalized spacial score (nSPS) is 20.5. The molecule has 3 atom stereocenters. The summed E-state index contributed by atoms with van der Waals surface area (Å²) in [5.74, 6) is 0.438. The number of urea groups is 1. The maximum atomic E-state index is 11.6. The Bertz CT molecular complexity index is 1490. The van der Waals surface area contributed by atoms with Crippen molar-refractivity contribution in [1.82, 2.24) is 16.0 Å². The fraction of sp³-hybridized carbons (Fsp3) is 0.444. The minimum Gasteiger partial charge on any atom is -0.463 e. The second-order valence-corrected chi connectivity index (χ2v) is 12.6. The van der Waals surface area contributed by atoms with E-state index in [2.05, 4.69) is 96.3 Å². The van der Waals surface area contributed by atoms with E-state index < -0.39 is 0 Å². The lowest BCUT2D eigenvalue weighted by molar-refractivity contribution is 0.237. The van der Waals surface area contributed by atoms with Gasteiger partial charge in [0.2, 0.25) is 0 Å².